The van der Waals surface area contributed by atoms with Gasteiger partial charge in [-0.15, -0.1) is 11.3 Å². The summed E-state index contributed by atoms with van der Waals surface area (Å²) in [5, 5.41) is 1.87. The molecule has 2 aromatic rings. The Balaban J connectivity index is 1.87. The topological polar surface area (TPSA) is 75.7 Å². The second-order valence-electron chi connectivity index (χ2n) is 5.79. The van der Waals surface area contributed by atoms with Crippen LogP contribution >= 0.6 is 11.3 Å². The molecule has 0 saturated carbocycles. The van der Waals surface area contributed by atoms with Crippen molar-refractivity contribution >= 4 is 38.6 Å². The van der Waals surface area contributed by atoms with E-state index in [1.165, 1.54) is 18.4 Å². The molecule has 8 heteroatoms. The largest absolute Gasteiger partial charge is 0.384 e. The molecule has 0 atom stereocenters. The van der Waals surface area contributed by atoms with Crippen LogP contribution in [0.1, 0.15) is 21.7 Å². The summed E-state index contributed by atoms with van der Waals surface area (Å²) in [5.74, 6) is -0.159. The van der Waals surface area contributed by atoms with Gasteiger partial charge in [-0.3, -0.25) is 9.52 Å². The Kier molecular flexibility index (Phi) is 5.41. The number of thiophene rings is 1. The molecule has 25 heavy (non-hydrogen) atoms. The lowest BCUT2D eigenvalue weighted by Crippen LogP contribution is -2.35. The average Bonchev–Trinajstić information content (AvgIpc) is 3.13. The van der Waals surface area contributed by atoms with Crippen LogP contribution in [0.3, 0.4) is 0 Å². The van der Waals surface area contributed by atoms with Gasteiger partial charge in [0.2, 0.25) is 10.0 Å². The monoisotopic (exact) mass is 380 g/mol. The molecule has 0 fully saturated rings. The minimum absolute atomic E-state index is 0.0460. The molecule has 2 heterocycles. The number of hydrogen-bond acceptors (Lipinski definition) is 5. The number of rotatable bonds is 6. The van der Waals surface area contributed by atoms with Crippen LogP contribution in [0.5, 0.6) is 0 Å². The van der Waals surface area contributed by atoms with Gasteiger partial charge in [-0.05, 0) is 42.0 Å². The summed E-state index contributed by atoms with van der Waals surface area (Å²) < 4.78 is 31.5. The molecule has 1 aliphatic heterocycles. The Hall–Kier alpha value is -1.90. The van der Waals surface area contributed by atoms with Gasteiger partial charge in [0.15, 0.2) is 0 Å². The van der Waals surface area contributed by atoms with Gasteiger partial charge in [0, 0.05) is 19.3 Å². The molecule has 0 spiro atoms. The maximum Gasteiger partial charge on any atom is 0.268 e. The summed E-state index contributed by atoms with van der Waals surface area (Å²) in [4.78, 5) is 15.2. The van der Waals surface area contributed by atoms with Crippen LogP contribution in [0.4, 0.5) is 11.4 Å². The number of nitrogens with one attached hydrogen (secondary N) is 1. The number of nitrogens with zero attached hydrogens (tertiary/aromatic N) is 1. The van der Waals surface area contributed by atoms with Crippen LogP contribution in [0.25, 0.3) is 0 Å². The maximum atomic E-state index is 12.7. The molecule has 1 aromatic heterocycles. The average molecular weight is 380 g/mol. The highest BCUT2D eigenvalue weighted by Gasteiger charge is 2.25. The zero-order chi connectivity index (χ0) is 17.9. The fourth-order valence-electron chi connectivity index (χ4n) is 2.81. The van der Waals surface area contributed by atoms with Crippen LogP contribution < -0.4 is 9.62 Å². The Morgan fingerprint density at radius 2 is 2.20 bits per heavy atom. The molecule has 0 aliphatic carbocycles. The lowest BCUT2D eigenvalue weighted by molar-refractivity contribution is 0.0989. The van der Waals surface area contributed by atoms with Crippen LogP contribution in [0.2, 0.25) is 0 Å². The van der Waals surface area contributed by atoms with Gasteiger partial charge in [-0.25, -0.2) is 8.42 Å². The molecule has 1 amide bonds. The molecule has 1 aliphatic rings. The highest BCUT2D eigenvalue weighted by Crippen LogP contribution is 2.32. The Morgan fingerprint density at radius 3 is 2.92 bits per heavy atom. The van der Waals surface area contributed by atoms with E-state index in [1.54, 1.807) is 23.1 Å². The van der Waals surface area contributed by atoms with Gasteiger partial charge in [0.05, 0.1) is 22.9 Å². The quantitative estimate of drug-likeness (QED) is 0.836. The van der Waals surface area contributed by atoms with Crippen molar-refractivity contribution in [2.24, 2.45) is 0 Å². The fraction of sp³-hybridized carbons (Fsp3) is 0.353. The summed E-state index contributed by atoms with van der Waals surface area (Å²) in [6.07, 6.45) is 1.77. The summed E-state index contributed by atoms with van der Waals surface area (Å²) in [6.45, 7) is 0.757. The molecule has 0 unspecified atom stereocenters. The lowest BCUT2D eigenvalue weighted by atomic mass is 10.0. The summed E-state index contributed by atoms with van der Waals surface area (Å²) in [5.41, 5.74) is 2.29. The van der Waals surface area contributed by atoms with E-state index in [0.717, 1.165) is 24.1 Å². The van der Waals surface area contributed by atoms with Crippen molar-refractivity contribution in [2.45, 2.75) is 12.8 Å². The number of carbonyl (C=O) groups excluding carboxylic acids is 1. The first-order chi connectivity index (χ1) is 12.0. The van der Waals surface area contributed by atoms with Crippen LogP contribution in [-0.2, 0) is 21.2 Å². The normalized spacial score (nSPS) is 14.2. The first-order valence-electron chi connectivity index (χ1n) is 7.98. The zero-order valence-corrected chi connectivity index (χ0v) is 15.5. The maximum absolute atomic E-state index is 12.7. The van der Waals surface area contributed by atoms with Gasteiger partial charge in [-0.1, -0.05) is 12.1 Å². The second-order valence-corrected chi connectivity index (χ2v) is 8.58. The van der Waals surface area contributed by atoms with E-state index in [2.05, 4.69) is 4.72 Å². The predicted octanol–water partition coefficient (Wildman–Crippen LogP) is 2.73. The van der Waals surface area contributed by atoms with E-state index in [1.807, 2.05) is 17.5 Å². The third-order valence-corrected chi connectivity index (χ3v) is 6.12. The van der Waals surface area contributed by atoms with Crippen molar-refractivity contribution in [3.8, 4) is 0 Å². The number of sulfonamides is 1. The molecular formula is C17H20N2O4S2. The van der Waals surface area contributed by atoms with E-state index < -0.39 is 10.0 Å². The Bertz CT molecular complexity index is 848. The number of hydrogen-bond donors (Lipinski definition) is 1. The molecule has 3 rings (SSSR count). The molecule has 6 nitrogen and oxygen atoms in total. The summed E-state index contributed by atoms with van der Waals surface area (Å²) in [7, 11) is -2.02. The van der Waals surface area contributed by atoms with Crippen molar-refractivity contribution in [3.63, 3.8) is 0 Å². The van der Waals surface area contributed by atoms with Gasteiger partial charge in [-0.2, -0.15) is 0 Å². The third-order valence-electron chi connectivity index (χ3n) is 4.01. The number of carbonyl (C=O) groups is 1. The number of anilines is 2. The predicted molar refractivity (Wildman–Crippen MR) is 100 cm³/mol. The van der Waals surface area contributed by atoms with Gasteiger partial charge < -0.3 is 9.64 Å². The number of amides is 1. The lowest BCUT2D eigenvalue weighted by Gasteiger charge is -2.29. The van der Waals surface area contributed by atoms with E-state index in [9.17, 15) is 13.2 Å². The second kappa shape index (κ2) is 7.55. The number of benzene rings is 1. The van der Waals surface area contributed by atoms with Crippen molar-refractivity contribution in [2.75, 3.05) is 35.6 Å². The summed E-state index contributed by atoms with van der Waals surface area (Å²) >= 11 is 1.41. The highest BCUT2D eigenvalue weighted by atomic mass is 32.2. The van der Waals surface area contributed by atoms with Gasteiger partial charge >= 0.3 is 0 Å². The van der Waals surface area contributed by atoms with Crippen LogP contribution in [-0.4, -0.2) is 40.3 Å². The molecule has 1 aromatic carbocycles. The zero-order valence-electron chi connectivity index (χ0n) is 13.9. The molecule has 0 bridgehead atoms. The van der Waals surface area contributed by atoms with Crippen LogP contribution in [0.15, 0.2) is 35.7 Å². The van der Waals surface area contributed by atoms with E-state index in [4.69, 9.17) is 4.74 Å². The Labute approximate surface area is 151 Å². The molecular weight excluding hydrogens is 360 g/mol. The minimum atomic E-state index is -3.48. The van der Waals surface area contributed by atoms with Crippen molar-refractivity contribution in [3.05, 3.63) is 46.2 Å². The highest BCUT2D eigenvalue weighted by molar-refractivity contribution is 7.92. The van der Waals surface area contributed by atoms with Crippen molar-refractivity contribution in [1.29, 1.82) is 0 Å². The number of methoxy groups -OCH3 is 1. The SMILES string of the molecule is COCCS(=O)(=O)Nc1ccc2c(c1)N(C(=O)c1cccs1)CCC2. The first-order valence-corrected chi connectivity index (χ1v) is 10.5. The first kappa shape index (κ1) is 17.9. The summed E-state index contributed by atoms with van der Waals surface area (Å²) in [6, 6.07) is 9.02. The molecule has 1 N–H and O–H groups in total. The van der Waals surface area contributed by atoms with E-state index in [0.29, 0.717) is 17.1 Å². The fourth-order valence-corrected chi connectivity index (χ4v) is 4.45. The van der Waals surface area contributed by atoms with Crippen LogP contribution in [0, 0.1) is 0 Å². The van der Waals surface area contributed by atoms with Crippen molar-refractivity contribution in [1.82, 2.24) is 0 Å². The smallest absolute Gasteiger partial charge is 0.268 e. The molecule has 0 radical (unpaired) electrons. The molecule has 134 valence electrons. The van der Waals surface area contributed by atoms with E-state index in [-0.39, 0.29) is 18.3 Å². The van der Waals surface area contributed by atoms with E-state index >= 15 is 0 Å². The Morgan fingerprint density at radius 1 is 1.36 bits per heavy atom. The number of fused-ring (bicyclic) bond motifs is 1. The third kappa shape index (κ3) is 4.20. The minimum Gasteiger partial charge on any atom is -0.384 e. The van der Waals surface area contributed by atoms with Gasteiger partial charge in [0.1, 0.15) is 0 Å². The number of aryl methyl sites for hydroxylation is 1. The standard InChI is InChI=1S/C17H20N2O4S2/c1-23-9-11-25(21,22)18-14-7-6-13-4-2-8-19(15(13)12-14)17(20)16-5-3-10-24-16/h3,5-7,10,12,18H,2,4,8-9,11H2,1H3. The molecule has 0 saturated heterocycles. The van der Waals surface area contributed by atoms with Crippen molar-refractivity contribution < 1.29 is 17.9 Å². The van der Waals surface area contributed by atoms with Gasteiger partial charge in [0.25, 0.3) is 5.91 Å². The number of ether oxygens (including phenoxy) is 1.